The number of carbonyl (C=O) groups excluding carboxylic acids is 1. The first-order chi connectivity index (χ1) is 8.16. The summed E-state index contributed by atoms with van der Waals surface area (Å²) >= 11 is 1.59. The quantitative estimate of drug-likeness (QED) is 0.816. The van der Waals surface area contributed by atoms with Crippen LogP contribution >= 0.6 is 11.3 Å². The van der Waals surface area contributed by atoms with Crippen LogP contribution in [-0.2, 0) is 11.2 Å². The van der Waals surface area contributed by atoms with Gasteiger partial charge in [-0.3, -0.25) is 4.79 Å². The Morgan fingerprint density at radius 1 is 1.41 bits per heavy atom. The largest absolute Gasteiger partial charge is 0.299 e. The zero-order valence-corrected chi connectivity index (χ0v) is 11.5. The van der Waals surface area contributed by atoms with Gasteiger partial charge in [-0.2, -0.15) is 0 Å². The first-order valence-corrected chi connectivity index (χ1v) is 7.46. The standard InChI is InChI=1S/C14H21NOS/c1-10(2)11-3-5-12(6-4-11)13(16)9-14-15-7-8-17-14/h7-8,10-12H,3-6,9H2,1-2H3. The summed E-state index contributed by atoms with van der Waals surface area (Å²) in [7, 11) is 0. The molecule has 1 aliphatic rings. The highest BCUT2D eigenvalue weighted by Gasteiger charge is 2.27. The van der Waals surface area contributed by atoms with E-state index in [-0.39, 0.29) is 0 Å². The van der Waals surface area contributed by atoms with E-state index in [1.807, 2.05) is 5.38 Å². The van der Waals surface area contributed by atoms with Crippen LogP contribution < -0.4 is 0 Å². The lowest BCUT2D eigenvalue weighted by Gasteiger charge is -2.29. The van der Waals surface area contributed by atoms with Gasteiger partial charge in [0.25, 0.3) is 0 Å². The van der Waals surface area contributed by atoms with Crippen LogP contribution in [0.3, 0.4) is 0 Å². The van der Waals surface area contributed by atoms with Crippen LogP contribution in [0.25, 0.3) is 0 Å². The molecule has 1 fully saturated rings. The molecule has 94 valence electrons. The van der Waals surface area contributed by atoms with Crippen LogP contribution in [0.5, 0.6) is 0 Å². The normalized spacial score (nSPS) is 25.1. The second kappa shape index (κ2) is 5.76. The lowest BCUT2D eigenvalue weighted by molar-refractivity contribution is -0.123. The third kappa shape index (κ3) is 3.38. The van der Waals surface area contributed by atoms with Gasteiger partial charge in [0, 0.05) is 17.5 Å². The fourth-order valence-corrected chi connectivity index (χ4v) is 3.37. The molecule has 1 aromatic rings. The van der Waals surface area contributed by atoms with Crippen LogP contribution in [0, 0.1) is 17.8 Å². The average molecular weight is 251 g/mol. The van der Waals surface area contributed by atoms with E-state index in [1.165, 1.54) is 12.8 Å². The molecule has 0 saturated heterocycles. The highest BCUT2D eigenvalue weighted by Crippen LogP contribution is 2.34. The molecule has 3 heteroatoms. The Balaban J connectivity index is 1.82. The third-order valence-electron chi connectivity index (χ3n) is 3.98. The Morgan fingerprint density at radius 2 is 2.12 bits per heavy atom. The number of ketones is 1. The zero-order chi connectivity index (χ0) is 12.3. The maximum absolute atomic E-state index is 12.1. The van der Waals surface area contributed by atoms with Gasteiger partial charge in [0.15, 0.2) is 0 Å². The van der Waals surface area contributed by atoms with Crippen LogP contribution in [0.2, 0.25) is 0 Å². The second-order valence-corrected chi connectivity index (χ2v) is 6.40. The molecule has 0 bridgehead atoms. The van der Waals surface area contributed by atoms with Gasteiger partial charge in [-0.25, -0.2) is 4.98 Å². The minimum atomic E-state index is 0.300. The Kier molecular flexibility index (Phi) is 4.32. The molecule has 1 saturated carbocycles. The molecule has 0 unspecified atom stereocenters. The molecular formula is C14H21NOS. The monoisotopic (exact) mass is 251 g/mol. The van der Waals surface area contributed by atoms with Crippen molar-refractivity contribution in [3.05, 3.63) is 16.6 Å². The van der Waals surface area contributed by atoms with Crippen molar-refractivity contribution in [1.29, 1.82) is 0 Å². The maximum Gasteiger partial charge on any atom is 0.142 e. The smallest absolute Gasteiger partial charge is 0.142 e. The van der Waals surface area contributed by atoms with Gasteiger partial charge in [-0.1, -0.05) is 13.8 Å². The first kappa shape index (κ1) is 12.7. The summed E-state index contributed by atoms with van der Waals surface area (Å²) < 4.78 is 0. The van der Waals surface area contributed by atoms with Crippen molar-refractivity contribution in [1.82, 2.24) is 4.98 Å². The molecule has 0 spiro atoms. The number of rotatable bonds is 4. The van der Waals surface area contributed by atoms with E-state index in [0.717, 1.165) is 29.7 Å². The molecule has 0 aromatic carbocycles. The van der Waals surface area contributed by atoms with E-state index in [1.54, 1.807) is 17.5 Å². The first-order valence-electron chi connectivity index (χ1n) is 6.58. The van der Waals surface area contributed by atoms with Crippen molar-refractivity contribution < 1.29 is 4.79 Å². The number of aromatic nitrogens is 1. The lowest BCUT2D eigenvalue weighted by Crippen LogP contribution is -2.25. The van der Waals surface area contributed by atoms with Crippen LogP contribution in [0.1, 0.15) is 44.5 Å². The van der Waals surface area contributed by atoms with E-state index in [4.69, 9.17) is 0 Å². The molecule has 1 aliphatic carbocycles. The summed E-state index contributed by atoms with van der Waals surface area (Å²) in [6, 6.07) is 0. The predicted octanol–water partition coefficient (Wildman–Crippen LogP) is 3.72. The van der Waals surface area contributed by atoms with Crippen molar-refractivity contribution in [3.8, 4) is 0 Å². The molecule has 1 heterocycles. The molecule has 0 aliphatic heterocycles. The van der Waals surface area contributed by atoms with Gasteiger partial charge in [0.2, 0.25) is 0 Å². The van der Waals surface area contributed by atoms with Crippen molar-refractivity contribution >= 4 is 17.1 Å². The summed E-state index contributed by atoms with van der Waals surface area (Å²) in [5.74, 6) is 2.31. The summed E-state index contributed by atoms with van der Waals surface area (Å²) in [5, 5.41) is 2.92. The highest BCUT2D eigenvalue weighted by molar-refractivity contribution is 7.09. The SMILES string of the molecule is CC(C)C1CCC(C(=O)Cc2nccs2)CC1. The van der Waals surface area contributed by atoms with Crippen molar-refractivity contribution in [2.75, 3.05) is 0 Å². The number of hydrogen-bond donors (Lipinski definition) is 0. The molecule has 2 rings (SSSR count). The average Bonchev–Trinajstić information content (AvgIpc) is 2.82. The molecule has 0 radical (unpaired) electrons. The Bertz CT molecular complexity index is 350. The van der Waals surface area contributed by atoms with Crippen molar-refractivity contribution in [3.63, 3.8) is 0 Å². The van der Waals surface area contributed by atoms with Gasteiger partial charge in [0.05, 0.1) is 11.4 Å². The molecule has 0 amide bonds. The van der Waals surface area contributed by atoms with E-state index in [9.17, 15) is 4.79 Å². The molecule has 1 aromatic heterocycles. The molecule has 0 atom stereocenters. The Hall–Kier alpha value is -0.700. The fourth-order valence-electron chi connectivity index (χ4n) is 2.74. The number of hydrogen-bond acceptors (Lipinski definition) is 3. The lowest BCUT2D eigenvalue weighted by atomic mass is 9.75. The topological polar surface area (TPSA) is 30.0 Å². The summed E-state index contributed by atoms with van der Waals surface area (Å²) in [4.78, 5) is 16.3. The van der Waals surface area contributed by atoms with E-state index in [2.05, 4.69) is 18.8 Å². The van der Waals surface area contributed by atoms with Gasteiger partial charge in [-0.15, -0.1) is 11.3 Å². The van der Waals surface area contributed by atoms with Gasteiger partial charge in [0.1, 0.15) is 5.78 Å². The van der Waals surface area contributed by atoms with E-state index >= 15 is 0 Å². The second-order valence-electron chi connectivity index (χ2n) is 5.42. The number of carbonyl (C=O) groups is 1. The third-order valence-corrected chi connectivity index (χ3v) is 4.76. The maximum atomic E-state index is 12.1. The molecule has 0 N–H and O–H groups in total. The van der Waals surface area contributed by atoms with Gasteiger partial charge in [-0.05, 0) is 37.5 Å². The van der Waals surface area contributed by atoms with E-state index < -0.39 is 0 Å². The zero-order valence-electron chi connectivity index (χ0n) is 10.7. The van der Waals surface area contributed by atoms with Gasteiger partial charge < -0.3 is 0 Å². The Labute approximate surface area is 107 Å². The summed E-state index contributed by atoms with van der Waals surface area (Å²) in [6.07, 6.45) is 6.97. The summed E-state index contributed by atoms with van der Waals surface area (Å²) in [6.45, 7) is 4.59. The number of nitrogens with zero attached hydrogens (tertiary/aromatic N) is 1. The molecule has 17 heavy (non-hydrogen) atoms. The fraction of sp³-hybridized carbons (Fsp3) is 0.714. The van der Waals surface area contributed by atoms with E-state index in [0.29, 0.717) is 18.1 Å². The predicted molar refractivity (Wildman–Crippen MR) is 71.1 cm³/mol. The van der Waals surface area contributed by atoms with Crippen molar-refractivity contribution in [2.45, 2.75) is 46.0 Å². The minimum absolute atomic E-state index is 0.300. The summed E-state index contributed by atoms with van der Waals surface area (Å²) in [5.41, 5.74) is 0. The van der Waals surface area contributed by atoms with Crippen molar-refractivity contribution in [2.24, 2.45) is 17.8 Å². The Morgan fingerprint density at radius 3 is 2.65 bits per heavy atom. The van der Waals surface area contributed by atoms with Gasteiger partial charge >= 0.3 is 0 Å². The number of thiazole rings is 1. The van der Waals surface area contributed by atoms with Crippen LogP contribution in [0.4, 0.5) is 0 Å². The van der Waals surface area contributed by atoms with Crippen LogP contribution in [-0.4, -0.2) is 10.8 Å². The molecule has 2 nitrogen and oxygen atoms in total. The highest BCUT2D eigenvalue weighted by atomic mass is 32.1. The number of Topliss-reactive ketones (excluding diaryl/α,β-unsaturated/α-hetero) is 1. The van der Waals surface area contributed by atoms with Crippen LogP contribution in [0.15, 0.2) is 11.6 Å². The minimum Gasteiger partial charge on any atom is -0.299 e. The molecular weight excluding hydrogens is 230 g/mol.